The Morgan fingerprint density at radius 3 is 2.84 bits per heavy atom. The monoisotopic (exact) mass is 259 g/mol. The molecule has 100 valence electrons. The van der Waals surface area contributed by atoms with E-state index in [1.54, 1.807) is 6.20 Å². The molecule has 6 nitrogen and oxygen atoms in total. The maximum atomic E-state index is 5.00. The summed E-state index contributed by atoms with van der Waals surface area (Å²) >= 11 is 0. The molecule has 0 amide bonds. The molecule has 3 rings (SSSR count). The normalized spacial score (nSPS) is 15.5. The summed E-state index contributed by atoms with van der Waals surface area (Å²) in [6, 6.07) is 3.77. The minimum absolute atomic E-state index is 0.552. The molecule has 1 aliphatic rings. The second-order valence-corrected chi connectivity index (χ2v) is 4.73. The van der Waals surface area contributed by atoms with Crippen molar-refractivity contribution in [3.8, 4) is 0 Å². The zero-order valence-corrected chi connectivity index (χ0v) is 11.0. The molecule has 1 saturated heterocycles. The van der Waals surface area contributed by atoms with E-state index in [2.05, 4.69) is 25.3 Å². The van der Waals surface area contributed by atoms with Crippen LogP contribution in [0.4, 0.5) is 17.6 Å². The van der Waals surface area contributed by atoms with Gasteiger partial charge in [0.15, 0.2) is 5.82 Å². The van der Waals surface area contributed by atoms with Crippen molar-refractivity contribution in [2.24, 2.45) is 0 Å². The smallest absolute Gasteiger partial charge is 0.230 e. The lowest BCUT2D eigenvalue weighted by Gasteiger charge is -2.27. The van der Waals surface area contributed by atoms with Crippen LogP contribution in [0.5, 0.6) is 0 Å². The lowest BCUT2D eigenvalue weighted by molar-refractivity contribution is 0.400. The van der Waals surface area contributed by atoms with Crippen LogP contribution in [-0.2, 0) is 0 Å². The SMILES string of the molecule is Cc1cc(Nc2nccc(N3CCCCC3)n2)no1. The first-order chi connectivity index (χ1) is 9.31. The molecule has 6 heteroatoms. The van der Waals surface area contributed by atoms with Crippen LogP contribution in [0, 0.1) is 6.92 Å². The van der Waals surface area contributed by atoms with Gasteiger partial charge in [0.2, 0.25) is 5.95 Å². The van der Waals surface area contributed by atoms with Gasteiger partial charge in [0.05, 0.1) is 0 Å². The van der Waals surface area contributed by atoms with Crippen LogP contribution in [0.1, 0.15) is 25.0 Å². The number of nitrogens with zero attached hydrogens (tertiary/aromatic N) is 4. The molecule has 0 spiro atoms. The van der Waals surface area contributed by atoms with E-state index in [1.165, 1.54) is 19.3 Å². The van der Waals surface area contributed by atoms with Crippen LogP contribution >= 0.6 is 0 Å². The summed E-state index contributed by atoms with van der Waals surface area (Å²) in [7, 11) is 0. The standard InChI is InChI=1S/C13H17N5O/c1-10-9-11(17-19-10)15-13-14-6-5-12(16-13)18-7-3-2-4-8-18/h5-6,9H,2-4,7-8H2,1H3,(H,14,15,16,17). The van der Waals surface area contributed by atoms with Crippen molar-refractivity contribution in [2.75, 3.05) is 23.3 Å². The Morgan fingerprint density at radius 1 is 1.26 bits per heavy atom. The van der Waals surface area contributed by atoms with E-state index in [-0.39, 0.29) is 0 Å². The van der Waals surface area contributed by atoms with E-state index in [1.807, 2.05) is 19.1 Å². The second-order valence-electron chi connectivity index (χ2n) is 4.73. The molecule has 0 unspecified atom stereocenters. The topological polar surface area (TPSA) is 67.1 Å². The quantitative estimate of drug-likeness (QED) is 0.913. The van der Waals surface area contributed by atoms with E-state index >= 15 is 0 Å². The largest absolute Gasteiger partial charge is 0.360 e. The van der Waals surface area contributed by atoms with E-state index in [0.29, 0.717) is 11.8 Å². The van der Waals surface area contributed by atoms with Gasteiger partial charge in [-0.25, -0.2) is 4.98 Å². The van der Waals surface area contributed by atoms with Crippen LogP contribution in [0.15, 0.2) is 22.9 Å². The summed E-state index contributed by atoms with van der Waals surface area (Å²) in [4.78, 5) is 11.0. The first kappa shape index (κ1) is 12.0. The fraction of sp³-hybridized carbons (Fsp3) is 0.462. The van der Waals surface area contributed by atoms with Gasteiger partial charge in [-0.15, -0.1) is 0 Å². The van der Waals surface area contributed by atoms with Gasteiger partial charge >= 0.3 is 0 Å². The van der Waals surface area contributed by atoms with Crippen LogP contribution in [0.25, 0.3) is 0 Å². The highest BCUT2D eigenvalue weighted by Crippen LogP contribution is 2.19. The second kappa shape index (κ2) is 5.26. The third-order valence-electron chi connectivity index (χ3n) is 3.19. The number of nitrogens with one attached hydrogen (secondary N) is 1. The highest BCUT2D eigenvalue weighted by Gasteiger charge is 2.13. The molecule has 3 heterocycles. The molecule has 0 atom stereocenters. The lowest BCUT2D eigenvalue weighted by atomic mass is 10.1. The Kier molecular flexibility index (Phi) is 3.31. The van der Waals surface area contributed by atoms with Crippen molar-refractivity contribution >= 4 is 17.6 Å². The van der Waals surface area contributed by atoms with Gasteiger partial charge in [-0.2, -0.15) is 4.98 Å². The molecule has 0 aliphatic carbocycles. The summed E-state index contributed by atoms with van der Waals surface area (Å²) in [5.74, 6) is 2.91. The highest BCUT2D eigenvalue weighted by atomic mass is 16.5. The number of hydrogen-bond acceptors (Lipinski definition) is 6. The highest BCUT2D eigenvalue weighted by molar-refractivity contribution is 5.50. The molecule has 0 bridgehead atoms. The first-order valence-electron chi connectivity index (χ1n) is 6.59. The summed E-state index contributed by atoms with van der Waals surface area (Å²) in [6.07, 6.45) is 5.54. The summed E-state index contributed by atoms with van der Waals surface area (Å²) in [6.45, 7) is 3.99. The lowest BCUT2D eigenvalue weighted by Crippen LogP contribution is -2.30. The Bertz CT molecular complexity index is 547. The van der Waals surface area contributed by atoms with E-state index < -0.39 is 0 Å². The Balaban J connectivity index is 1.75. The summed E-state index contributed by atoms with van der Waals surface area (Å²) in [5, 5.41) is 6.92. The van der Waals surface area contributed by atoms with E-state index in [4.69, 9.17) is 4.52 Å². The Labute approximate surface area is 111 Å². The summed E-state index contributed by atoms with van der Waals surface area (Å²) in [5.41, 5.74) is 0. The number of aryl methyl sites for hydroxylation is 1. The van der Waals surface area contributed by atoms with Gasteiger partial charge in [-0.1, -0.05) is 5.16 Å². The van der Waals surface area contributed by atoms with Gasteiger partial charge in [0.1, 0.15) is 11.6 Å². The molecule has 0 radical (unpaired) electrons. The molecular weight excluding hydrogens is 242 g/mol. The van der Waals surface area contributed by atoms with Crippen molar-refractivity contribution in [3.63, 3.8) is 0 Å². The Hall–Kier alpha value is -2.11. The zero-order chi connectivity index (χ0) is 13.1. The van der Waals surface area contributed by atoms with Gasteiger partial charge in [0, 0.05) is 25.4 Å². The fourth-order valence-electron chi connectivity index (χ4n) is 2.25. The minimum atomic E-state index is 0.552. The molecule has 1 N–H and O–H groups in total. The molecule has 19 heavy (non-hydrogen) atoms. The fourth-order valence-corrected chi connectivity index (χ4v) is 2.25. The van der Waals surface area contributed by atoms with Gasteiger partial charge < -0.3 is 14.7 Å². The molecule has 1 fully saturated rings. The molecule has 2 aromatic heterocycles. The van der Waals surface area contributed by atoms with Crippen LogP contribution in [0.3, 0.4) is 0 Å². The number of hydrogen-bond donors (Lipinski definition) is 1. The predicted octanol–water partition coefficient (Wildman–Crippen LogP) is 2.51. The average Bonchev–Trinajstić information content (AvgIpc) is 2.85. The zero-order valence-electron chi connectivity index (χ0n) is 11.0. The van der Waals surface area contributed by atoms with Gasteiger partial charge in [-0.3, -0.25) is 0 Å². The molecule has 1 aliphatic heterocycles. The molecular formula is C13H17N5O. The number of piperidine rings is 1. The van der Waals surface area contributed by atoms with Crippen LogP contribution < -0.4 is 10.2 Å². The minimum Gasteiger partial charge on any atom is -0.360 e. The van der Waals surface area contributed by atoms with Crippen LogP contribution in [0.2, 0.25) is 0 Å². The van der Waals surface area contributed by atoms with Crippen molar-refractivity contribution in [1.29, 1.82) is 0 Å². The Morgan fingerprint density at radius 2 is 2.11 bits per heavy atom. The predicted molar refractivity (Wildman–Crippen MR) is 72.6 cm³/mol. The third kappa shape index (κ3) is 2.83. The van der Waals surface area contributed by atoms with Crippen molar-refractivity contribution in [3.05, 3.63) is 24.1 Å². The van der Waals surface area contributed by atoms with Crippen molar-refractivity contribution in [1.82, 2.24) is 15.1 Å². The third-order valence-corrected chi connectivity index (χ3v) is 3.19. The van der Waals surface area contributed by atoms with Crippen LogP contribution in [-0.4, -0.2) is 28.2 Å². The van der Waals surface area contributed by atoms with E-state index in [0.717, 1.165) is 24.7 Å². The maximum absolute atomic E-state index is 5.00. The average molecular weight is 259 g/mol. The number of aromatic nitrogens is 3. The first-order valence-corrected chi connectivity index (χ1v) is 6.59. The number of anilines is 3. The molecule has 2 aromatic rings. The van der Waals surface area contributed by atoms with E-state index in [9.17, 15) is 0 Å². The number of rotatable bonds is 3. The van der Waals surface area contributed by atoms with Gasteiger partial charge in [0.25, 0.3) is 0 Å². The maximum Gasteiger partial charge on any atom is 0.230 e. The van der Waals surface area contributed by atoms with Gasteiger partial charge in [-0.05, 0) is 32.3 Å². The summed E-state index contributed by atoms with van der Waals surface area (Å²) < 4.78 is 5.00. The molecule has 0 aromatic carbocycles. The van der Waals surface area contributed by atoms with Crippen molar-refractivity contribution in [2.45, 2.75) is 26.2 Å². The van der Waals surface area contributed by atoms with Crippen molar-refractivity contribution < 1.29 is 4.52 Å². The molecule has 0 saturated carbocycles.